The number of aromatic hydroxyl groups is 1. The summed E-state index contributed by atoms with van der Waals surface area (Å²) in [6.45, 7) is 5.85. The third-order valence-corrected chi connectivity index (χ3v) is 6.96. The number of nitrogens with zero attached hydrogens (tertiary/aromatic N) is 2. The molecule has 9 heteroatoms. The van der Waals surface area contributed by atoms with Crippen LogP contribution in [0.2, 0.25) is 0 Å². The fourth-order valence-corrected chi connectivity index (χ4v) is 5.04. The summed E-state index contributed by atoms with van der Waals surface area (Å²) in [5.41, 5.74) is 1.26. The average molecular weight is 457 g/mol. The van der Waals surface area contributed by atoms with Crippen molar-refractivity contribution in [2.45, 2.75) is 26.8 Å². The molecule has 31 heavy (non-hydrogen) atoms. The quantitative estimate of drug-likeness (QED) is 0.521. The summed E-state index contributed by atoms with van der Waals surface area (Å²) in [6, 6.07) is 7.11. The van der Waals surface area contributed by atoms with Crippen molar-refractivity contribution in [2.75, 3.05) is 11.5 Å². The van der Waals surface area contributed by atoms with Crippen molar-refractivity contribution in [3.05, 3.63) is 68.1 Å². The summed E-state index contributed by atoms with van der Waals surface area (Å²) in [6.07, 6.45) is 0. The zero-order valence-corrected chi connectivity index (χ0v) is 18.7. The van der Waals surface area contributed by atoms with E-state index >= 15 is 0 Å². The van der Waals surface area contributed by atoms with Crippen LogP contribution in [0.15, 0.2) is 47.0 Å². The molecule has 2 N–H and O–H groups in total. The van der Waals surface area contributed by atoms with E-state index in [-0.39, 0.29) is 17.1 Å². The SMILES string of the molecule is CCOc1cc(C2C(C(=O)c3cccs3)=C(O)C(=O)N2c2nc(C)c(C)s2)ccc1O. The van der Waals surface area contributed by atoms with E-state index in [9.17, 15) is 19.8 Å². The number of ketones is 1. The van der Waals surface area contributed by atoms with Crippen LogP contribution in [0.1, 0.15) is 38.8 Å². The number of thiophene rings is 1. The van der Waals surface area contributed by atoms with Crippen molar-refractivity contribution in [3.63, 3.8) is 0 Å². The number of phenolic OH excluding ortho intramolecular Hbond substituents is 1. The van der Waals surface area contributed by atoms with E-state index in [2.05, 4.69) is 4.98 Å². The van der Waals surface area contributed by atoms with Gasteiger partial charge in [-0.05, 0) is 49.9 Å². The summed E-state index contributed by atoms with van der Waals surface area (Å²) in [5, 5.41) is 23.0. The van der Waals surface area contributed by atoms with Gasteiger partial charge in [-0.25, -0.2) is 4.98 Å². The molecule has 3 heterocycles. The molecule has 4 rings (SSSR count). The number of thiazole rings is 1. The van der Waals surface area contributed by atoms with Crippen LogP contribution >= 0.6 is 22.7 Å². The number of carbonyl (C=O) groups excluding carboxylic acids is 2. The number of aliphatic hydroxyl groups is 1. The van der Waals surface area contributed by atoms with Gasteiger partial charge in [0, 0.05) is 4.88 Å². The van der Waals surface area contributed by atoms with Crippen LogP contribution in [-0.2, 0) is 4.79 Å². The van der Waals surface area contributed by atoms with Gasteiger partial charge in [0.15, 0.2) is 22.4 Å². The first-order valence-electron chi connectivity index (χ1n) is 9.58. The van der Waals surface area contributed by atoms with Gasteiger partial charge in [0.25, 0.3) is 5.91 Å². The number of Topliss-reactive ketones (excluding diaryl/α,β-unsaturated/α-hetero) is 1. The van der Waals surface area contributed by atoms with Gasteiger partial charge in [-0.2, -0.15) is 0 Å². The maximum absolute atomic E-state index is 13.3. The van der Waals surface area contributed by atoms with E-state index < -0.39 is 23.5 Å². The zero-order chi connectivity index (χ0) is 22.3. The third-order valence-electron chi connectivity index (χ3n) is 5.02. The van der Waals surface area contributed by atoms with Crippen LogP contribution in [0.3, 0.4) is 0 Å². The highest BCUT2D eigenvalue weighted by molar-refractivity contribution is 7.16. The Kier molecular flexibility index (Phi) is 5.55. The topological polar surface area (TPSA) is 100.0 Å². The lowest BCUT2D eigenvalue weighted by Gasteiger charge is -2.25. The Morgan fingerprint density at radius 3 is 2.65 bits per heavy atom. The molecule has 1 unspecified atom stereocenters. The number of hydrogen-bond acceptors (Lipinski definition) is 8. The lowest BCUT2D eigenvalue weighted by atomic mass is 9.95. The van der Waals surface area contributed by atoms with Crippen molar-refractivity contribution in [3.8, 4) is 11.5 Å². The number of anilines is 1. The predicted molar refractivity (Wildman–Crippen MR) is 119 cm³/mol. The number of hydrogen-bond donors (Lipinski definition) is 2. The highest BCUT2D eigenvalue weighted by atomic mass is 32.1. The molecule has 1 atom stereocenters. The minimum atomic E-state index is -0.910. The molecular formula is C22H20N2O5S2. The van der Waals surface area contributed by atoms with Gasteiger partial charge < -0.3 is 14.9 Å². The van der Waals surface area contributed by atoms with Crippen LogP contribution in [0.5, 0.6) is 11.5 Å². The lowest BCUT2D eigenvalue weighted by molar-refractivity contribution is -0.117. The zero-order valence-electron chi connectivity index (χ0n) is 17.1. The molecule has 7 nitrogen and oxygen atoms in total. The number of aliphatic hydroxyl groups excluding tert-OH is 1. The molecule has 0 aliphatic carbocycles. The van der Waals surface area contributed by atoms with Gasteiger partial charge in [-0.15, -0.1) is 22.7 Å². The Hall–Kier alpha value is -3.17. The largest absolute Gasteiger partial charge is 0.504 e. The van der Waals surface area contributed by atoms with E-state index in [0.29, 0.717) is 22.2 Å². The van der Waals surface area contributed by atoms with Crippen LogP contribution in [0, 0.1) is 13.8 Å². The highest BCUT2D eigenvalue weighted by Gasteiger charge is 2.46. The lowest BCUT2D eigenvalue weighted by Crippen LogP contribution is -2.31. The van der Waals surface area contributed by atoms with Crippen molar-refractivity contribution in [1.82, 2.24) is 4.98 Å². The first kappa shape index (κ1) is 21.1. The Balaban J connectivity index is 1.90. The number of ether oxygens (including phenoxy) is 1. The molecule has 0 spiro atoms. The maximum Gasteiger partial charge on any atom is 0.296 e. The second-order valence-corrected chi connectivity index (χ2v) is 9.07. The second kappa shape index (κ2) is 8.16. The second-order valence-electron chi connectivity index (χ2n) is 6.94. The number of amides is 1. The molecule has 1 aromatic carbocycles. The van der Waals surface area contributed by atoms with Gasteiger partial charge in [0.2, 0.25) is 5.78 Å². The highest BCUT2D eigenvalue weighted by Crippen LogP contribution is 2.45. The van der Waals surface area contributed by atoms with Gasteiger partial charge >= 0.3 is 0 Å². The summed E-state index contributed by atoms with van der Waals surface area (Å²) in [4.78, 5) is 33.6. The van der Waals surface area contributed by atoms with Crippen LogP contribution < -0.4 is 9.64 Å². The number of phenols is 1. The summed E-state index contributed by atoms with van der Waals surface area (Å²) < 4.78 is 5.49. The van der Waals surface area contributed by atoms with E-state index in [0.717, 1.165) is 10.6 Å². The molecule has 0 saturated heterocycles. The van der Waals surface area contributed by atoms with E-state index in [1.54, 1.807) is 36.6 Å². The van der Waals surface area contributed by atoms with Gasteiger partial charge in [-0.1, -0.05) is 12.1 Å². The Bertz CT molecular complexity index is 1180. The van der Waals surface area contributed by atoms with Crippen molar-refractivity contribution >= 4 is 39.5 Å². The van der Waals surface area contributed by atoms with Gasteiger partial charge in [0.05, 0.1) is 28.8 Å². The fourth-order valence-electron chi connectivity index (χ4n) is 3.42. The molecule has 0 saturated carbocycles. The fraction of sp³-hybridized carbons (Fsp3) is 0.227. The van der Waals surface area contributed by atoms with E-state index in [1.165, 1.54) is 33.6 Å². The maximum atomic E-state index is 13.3. The van der Waals surface area contributed by atoms with Crippen LogP contribution in [0.25, 0.3) is 0 Å². The molecule has 1 aliphatic rings. The number of aryl methyl sites for hydroxylation is 2. The summed E-state index contributed by atoms with van der Waals surface area (Å²) in [7, 11) is 0. The molecule has 1 aliphatic heterocycles. The van der Waals surface area contributed by atoms with Gasteiger partial charge in [-0.3, -0.25) is 14.5 Å². The first-order chi connectivity index (χ1) is 14.8. The molecule has 0 fully saturated rings. The normalized spacial score (nSPS) is 16.3. The smallest absolute Gasteiger partial charge is 0.296 e. The van der Waals surface area contributed by atoms with Crippen LogP contribution in [-0.4, -0.2) is 33.5 Å². The Morgan fingerprint density at radius 2 is 2.03 bits per heavy atom. The standard InChI is InChI=1S/C22H20N2O5S2/c1-4-29-15-10-13(7-8-14(15)25)18-17(19(26)16-6-5-9-30-16)20(27)21(28)24(18)22-23-11(2)12(3)31-22/h5-10,18,25,27H,4H2,1-3H3. The van der Waals surface area contributed by atoms with Crippen LogP contribution in [0.4, 0.5) is 5.13 Å². The predicted octanol–water partition coefficient (Wildman–Crippen LogP) is 4.71. The minimum Gasteiger partial charge on any atom is -0.504 e. The Labute approximate surface area is 186 Å². The number of rotatable bonds is 6. The Morgan fingerprint density at radius 1 is 1.26 bits per heavy atom. The minimum absolute atomic E-state index is 0.0221. The molecule has 1 amide bonds. The van der Waals surface area contributed by atoms with Crippen molar-refractivity contribution in [2.24, 2.45) is 0 Å². The van der Waals surface area contributed by atoms with E-state index in [4.69, 9.17) is 4.74 Å². The molecule has 160 valence electrons. The number of carbonyl (C=O) groups is 2. The molecular weight excluding hydrogens is 436 g/mol. The molecule has 0 bridgehead atoms. The first-order valence-corrected chi connectivity index (χ1v) is 11.3. The molecule has 3 aromatic rings. The summed E-state index contributed by atoms with van der Waals surface area (Å²) in [5.74, 6) is -1.54. The van der Waals surface area contributed by atoms with Crippen molar-refractivity contribution < 1.29 is 24.5 Å². The molecule has 2 aromatic heterocycles. The van der Waals surface area contributed by atoms with Crippen molar-refractivity contribution in [1.29, 1.82) is 0 Å². The van der Waals surface area contributed by atoms with E-state index in [1.807, 2.05) is 13.8 Å². The molecule has 0 radical (unpaired) electrons. The number of benzene rings is 1. The third kappa shape index (κ3) is 3.60. The summed E-state index contributed by atoms with van der Waals surface area (Å²) >= 11 is 2.54. The average Bonchev–Trinajstić information content (AvgIpc) is 3.44. The monoisotopic (exact) mass is 456 g/mol. The van der Waals surface area contributed by atoms with Gasteiger partial charge in [0.1, 0.15) is 0 Å². The number of aromatic nitrogens is 1.